The monoisotopic (exact) mass is 212 g/mol. The lowest BCUT2D eigenvalue weighted by Gasteiger charge is -2.23. The van der Waals surface area contributed by atoms with Crippen LogP contribution in [0.4, 0.5) is 0 Å². The van der Waals surface area contributed by atoms with Crippen LogP contribution in [0.15, 0.2) is 0 Å². The summed E-state index contributed by atoms with van der Waals surface area (Å²) in [6.45, 7) is 0. The normalized spacial score (nSPS) is 26.3. The molecular formula is C12H20O3. The van der Waals surface area contributed by atoms with Crippen molar-refractivity contribution in [2.24, 2.45) is 11.3 Å². The summed E-state index contributed by atoms with van der Waals surface area (Å²) in [5, 5.41) is 9.89. The van der Waals surface area contributed by atoms with Gasteiger partial charge in [-0.05, 0) is 25.2 Å². The van der Waals surface area contributed by atoms with Crippen LogP contribution in [0.25, 0.3) is 0 Å². The summed E-state index contributed by atoms with van der Waals surface area (Å²) < 4.78 is 4.61. The van der Waals surface area contributed by atoms with Crippen molar-refractivity contribution in [2.75, 3.05) is 7.11 Å². The van der Waals surface area contributed by atoms with Gasteiger partial charge in [-0.2, -0.15) is 0 Å². The Morgan fingerprint density at radius 3 is 2.53 bits per heavy atom. The van der Waals surface area contributed by atoms with Crippen LogP contribution in [0.3, 0.4) is 0 Å². The summed E-state index contributed by atoms with van der Waals surface area (Å²) in [4.78, 5) is 11.3. The number of carbonyl (C=O) groups is 1. The Balaban J connectivity index is 1.91. The van der Waals surface area contributed by atoms with Crippen molar-refractivity contribution in [3.8, 4) is 0 Å². The summed E-state index contributed by atoms with van der Waals surface area (Å²) in [6.07, 6.45) is 7.28. The third kappa shape index (κ3) is 2.17. The molecule has 2 fully saturated rings. The number of methoxy groups -OCH3 is 1. The molecule has 0 heterocycles. The molecule has 0 bridgehead atoms. The van der Waals surface area contributed by atoms with Gasteiger partial charge in [-0.15, -0.1) is 0 Å². The van der Waals surface area contributed by atoms with Crippen LogP contribution in [0.1, 0.15) is 44.9 Å². The number of aliphatic hydroxyl groups is 1. The molecule has 0 aromatic rings. The van der Waals surface area contributed by atoms with E-state index in [-0.39, 0.29) is 5.41 Å². The van der Waals surface area contributed by atoms with E-state index in [0.717, 1.165) is 25.2 Å². The molecule has 0 spiro atoms. The van der Waals surface area contributed by atoms with E-state index in [1.54, 1.807) is 0 Å². The maximum absolute atomic E-state index is 11.3. The zero-order chi connectivity index (χ0) is 10.9. The second-order valence-corrected chi connectivity index (χ2v) is 5.14. The highest BCUT2D eigenvalue weighted by atomic mass is 16.5. The van der Waals surface area contributed by atoms with Crippen LogP contribution in [-0.4, -0.2) is 24.3 Å². The van der Waals surface area contributed by atoms with Gasteiger partial charge < -0.3 is 9.84 Å². The zero-order valence-electron chi connectivity index (χ0n) is 9.37. The smallest absolute Gasteiger partial charge is 0.335 e. The van der Waals surface area contributed by atoms with Gasteiger partial charge in [0.25, 0.3) is 0 Å². The quantitative estimate of drug-likeness (QED) is 0.724. The summed E-state index contributed by atoms with van der Waals surface area (Å²) in [7, 11) is 1.34. The lowest BCUT2D eigenvalue weighted by molar-refractivity contribution is -0.154. The van der Waals surface area contributed by atoms with Crippen LogP contribution in [0.2, 0.25) is 0 Å². The minimum Gasteiger partial charge on any atom is -0.467 e. The van der Waals surface area contributed by atoms with Gasteiger partial charge in [0.2, 0.25) is 0 Å². The van der Waals surface area contributed by atoms with E-state index in [1.807, 2.05) is 0 Å². The number of hydrogen-bond acceptors (Lipinski definition) is 3. The Kier molecular flexibility index (Phi) is 3.01. The molecule has 0 saturated heterocycles. The molecule has 2 saturated carbocycles. The van der Waals surface area contributed by atoms with Gasteiger partial charge in [0.1, 0.15) is 0 Å². The van der Waals surface area contributed by atoms with Crippen molar-refractivity contribution in [2.45, 2.75) is 51.0 Å². The molecule has 1 atom stereocenters. The van der Waals surface area contributed by atoms with E-state index < -0.39 is 12.1 Å². The number of ether oxygens (including phenoxy) is 1. The second-order valence-electron chi connectivity index (χ2n) is 5.14. The average molecular weight is 212 g/mol. The summed E-state index contributed by atoms with van der Waals surface area (Å²) in [5.74, 6) is 0.275. The van der Waals surface area contributed by atoms with Crippen LogP contribution in [0, 0.1) is 11.3 Å². The Labute approximate surface area is 90.8 Å². The predicted octanol–water partition coefficient (Wildman–Crippen LogP) is 1.88. The first kappa shape index (κ1) is 10.9. The van der Waals surface area contributed by atoms with Gasteiger partial charge in [0.15, 0.2) is 6.10 Å². The Hall–Kier alpha value is -0.570. The Morgan fingerprint density at radius 2 is 2.07 bits per heavy atom. The molecule has 2 rings (SSSR count). The number of esters is 1. The van der Waals surface area contributed by atoms with E-state index in [9.17, 15) is 9.90 Å². The van der Waals surface area contributed by atoms with Crippen LogP contribution in [0.5, 0.6) is 0 Å². The minimum absolute atomic E-state index is 0.123. The maximum atomic E-state index is 11.3. The second kappa shape index (κ2) is 4.12. The van der Waals surface area contributed by atoms with Crippen molar-refractivity contribution in [3.05, 3.63) is 0 Å². The highest BCUT2D eigenvalue weighted by molar-refractivity contribution is 5.75. The highest BCUT2D eigenvalue weighted by Crippen LogP contribution is 2.55. The van der Waals surface area contributed by atoms with Crippen LogP contribution in [-0.2, 0) is 9.53 Å². The molecule has 86 valence electrons. The molecule has 3 nitrogen and oxygen atoms in total. The topological polar surface area (TPSA) is 46.5 Å². The van der Waals surface area contributed by atoms with Gasteiger partial charge in [-0.3, -0.25) is 0 Å². The minimum atomic E-state index is -0.886. The van der Waals surface area contributed by atoms with Crippen LogP contribution >= 0.6 is 0 Å². The van der Waals surface area contributed by atoms with Crippen molar-refractivity contribution < 1.29 is 14.6 Å². The Bertz CT molecular complexity index is 239. The molecule has 3 heteroatoms. The maximum Gasteiger partial charge on any atom is 0.335 e. The lowest BCUT2D eigenvalue weighted by atomic mass is 9.86. The van der Waals surface area contributed by atoms with Gasteiger partial charge >= 0.3 is 5.97 Å². The molecule has 0 aromatic carbocycles. The molecule has 0 amide bonds. The third-order valence-corrected chi connectivity index (χ3v) is 4.07. The van der Waals surface area contributed by atoms with E-state index in [1.165, 1.54) is 32.8 Å². The molecule has 2 aliphatic rings. The lowest BCUT2D eigenvalue weighted by Crippen LogP contribution is -2.33. The fraction of sp³-hybridized carbons (Fsp3) is 0.917. The summed E-state index contributed by atoms with van der Waals surface area (Å²) >= 11 is 0. The number of aliphatic hydroxyl groups excluding tert-OH is 1. The summed E-state index contributed by atoms with van der Waals surface area (Å²) in [6, 6.07) is 0. The molecule has 0 aromatic heterocycles. The van der Waals surface area contributed by atoms with Crippen molar-refractivity contribution >= 4 is 5.97 Å². The first-order valence-electron chi connectivity index (χ1n) is 5.94. The van der Waals surface area contributed by atoms with Gasteiger partial charge in [0, 0.05) is 5.41 Å². The fourth-order valence-electron chi connectivity index (χ4n) is 2.90. The van der Waals surface area contributed by atoms with E-state index in [2.05, 4.69) is 4.74 Å². The number of rotatable bonds is 4. The predicted molar refractivity (Wildman–Crippen MR) is 56.3 cm³/mol. The van der Waals surface area contributed by atoms with Gasteiger partial charge in [-0.1, -0.05) is 25.7 Å². The van der Waals surface area contributed by atoms with Crippen molar-refractivity contribution in [1.29, 1.82) is 0 Å². The average Bonchev–Trinajstić information content (AvgIpc) is 2.84. The SMILES string of the molecule is COC(=O)C(O)C1(CC2CCCC2)CC1. The first-order valence-corrected chi connectivity index (χ1v) is 5.94. The van der Waals surface area contributed by atoms with Crippen molar-refractivity contribution in [1.82, 2.24) is 0 Å². The molecule has 0 aliphatic heterocycles. The van der Waals surface area contributed by atoms with Crippen LogP contribution < -0.4 is 0 Å². The van der Waals surface area contributed by atoms with Gasteiger partial charge in [0.05, 0.1) is 7.11 Å². The summed E-state index contributed by atoms with van der Waals surface area (Å²) in [5.41, 5.74) is -0.123. The molecular weight excluding hydrogens is 192 g/mol. The number of hydrogen-bond donors (Lipinski definition) is 1. The molecule has 0 radical (unpaired) electrons. The Morgan fingerprint density at radius 1 is 1.47 bits per heavy atom. The van der Waals surface area contributed by atoms with E-state index in [4.69, 9.17) is 0 Å². The van der Waals surface area contributed by atoms with Crippen molar-refractivity contribution in [3.63, 3.8) is 0 Å². The van der Waals surface area contributed by atoms with E-state index >= 15 is 0 Å². The number of carbonyl (C=O) groups excluding carboxylic acids is 1. The molecule has 15 heavy (non-hydrogen) atoms. The zero-order valence-corrected chi connectivity index (χ0v) is 9.37. The standard InChI is InChI=1S/C12H20O3/c1-15-11(14)10(13)12(6-7-12)8-9-4-2-3-5-9/h9-10,13H,2-8H2,1H3. The molecule has 2 aliphatic carbocycles. The van der Waals surface area contributed by atoms with Gasteiger partial charge in [-0.25, -0.2) is 4.79 Å². The third-order valence-electron chi connectivity index (χ3n) is 4.07. The van der Waals surface area contributed by atoms with E-state index in [0.29, 0.717) is 0 Å². The first-order chi connectivity index (χ1) is 7.18. The molecule has 1 N–H and O–H groups in total. The molecule has 1 unspecified atom stereocenters. The highest BCUT2D eigenvalue weighted by Gasteiger charge is 2.53. The largest absolute Gasteiger partial charge is 0.467 e. The fourth-order valence-corrected chi connectivity index (χ4v) is 2.90.